The minimum Gasteiger partial charge on any atom is -0.481 e. The van der Waals surface area contributed by atoms with E-state index in [2.05, 4.69) is 10.1 Å². The Morgan fingerprint density at radius 1 is 1.38 bits per heavy atom. The van der Waals surface area contributed by atoms with Crippen LogP contribution in [0.15, 0.2) is 34.9 Å². The number of ether oxygens (including phenoxy) is 1. The molecule has 2 aromatic rings. The molecule has 1 aromatic carbocycles. The molecule has 0 spiro atoms. The molecular weight excluding hydrogens is 270 g/mol. The van der Waals surface area contributed by atoms with Crippen LogP contribution >= 0.6 is 0 Å². The fourth-order valence-electron chi connectivity index (χ4n) is 2.30. The van der Waals surface area contributed by atoms with Crippen molar-refractivity contribution in [1.29, 1.82) is 0 Å². The number of amides is 1. The summed E-state index contributed by atoms with van der Waals surface area (Å²) in [6.45, 7) is 4.75. The second kappa shape index (κ2) is 5.55. The minimum absolute atomic E-state index is 0.0219. The average molecular weight is 287 g/mol. The normalized spacial score (nSPS) is 16.4. The number of hydrogen-bond acceptors (Lipinski definition) is 5. The van der Waals surface area contributed by atoms with Crippen LogP contribution in [0.5, 0.6) is 5.75 Å². The Kier molecular flexibility index (Phi) is 3.60. The fourth-order valence-corrected chi connectivity index (χ4v) is 2.30. The summed E-state index contributed by atoms with van der Waals surface area (Å²) in [5.74, 6) is 2.04. The van der Waals surface area contributed by atoms with E-state index < -0.39 is 6.10 Å². The van der Waals surface area contributed by atoms with Gasteiger partial charge in [-0.05, 0) is 26.0 Å². The maximum atomic E-state index is 12.2. The van der Waals surface area contributed by atoms with Gasteiger partial charge in [-0.1, -0.05) is 23.4 Å². The van der Waals surface area contributed by atoms with Crippen LogP contribution in [0, 0.1) is 6.92 Å². The molecule has 6 heteroatoms. The minimum atomic E-state index is -0.502. The molecule has 1 unspecified atom stereocenters. The molecule has 1 aromatic heterocycles. The molecule has 1 aliphatic rings. The van der Waals surface area contributed by atoms with Gasteiger partial charge in [0.15, 0.2) is 11.9 Å². The lowest BCUT2D eigenvalue weighted by atomic mass is 9.99. The van der Waals surface area contributed by atoms with Gasteiger partial charge >= 0.3 is 0 Å². The summed E-state index contributed by atoms with van der Waals surface area (Å²) in [7, 11) is 0. The van der Waals surface area contributed by atoms with Crippen LogP contribution in [0.1, 0.15) is 24.6 Å². The number of hydrogen-bond donors (Lipinski definition) is 0. The fraction of sp³-hybridized carbons (Fsp3) is 0.400. The van der Waals surface area contributed by atoms with E-state index in [9.17, 15) is 4.79 Å². The lowest BCUT2D eigenvalue weighted by Crippen LogP contribution is -2.52. The Morgan fingerprint density at radius 2 is 2.10 bits per heavy atom. The number of para-hydroxylation sites is 1. The molecule has 0 aliphatic carbocycles. The van der Waals surface area contributed by atoms with Gasteiger partial charge in [0.05, 0.1) is 5.92 Å². The van der Waals surface area contributed by atoms with Crippen LogP contribution in [0.2, 0.25) is 0 Å². The number of nitrogens with zero attached hydrogens (tertiary/aromatic N) is 3. The molecule has 0 saturated carbocycles. The Hall–Kier alpha value is -2.37. The van der Waals surface area contributed by atoms with Gasteiger partial charge in [-0.15, -0.1) is 0 Å². The molecule has 110 valence electrons. The number of aromatic nitrogens is 2. The summed E-state index contributed by atoms with van der Waals surface area (Å²) in [6.07, 6.45) is -0.502. The van der Waals surface area contributed by atoms with E-state index in [1.807, 2.05) is 30.3 Å². The molecular formula is C15H17N3O3. The van der Waals surface area contributed by atoms with Crippen LogP contribution in [-0.2, 0) is 4.79 Å². The summed E-state index contributed by atoms with van der Waals surface area (Å²) in [5, 5.41) is 3.77. The lowest BCUT2D eigenvalue weighted by Gasteiger charge is -2.38. The van der Waals surface area contributed by atoms with Crippen LogP contribution in [0.3, 0.4) is 0 Å². The second-order valence-electron chi connectivity index (χ2n) is 5.19. The first kappa shape index (κ1) is 13.6. The SMILES string of the molecule is Cc1noc(C2CN(C(=O)C(C)Oc3ccccc3)C2)n1. The summed E-state index contributed by atoms with van der Waals surface area (Å²) in [6, 6.07) is 9.34. The summed E-state index contributed by atoms with van der Waals surface area (Å²) >= 11 is 0. The van der Waals surface area contributed by atoms with E-state index >= 15 is 0 Å². The van der Waals surface area contributed by atoms with Crippen molar-refractivity contribution in [3.63, 3.8) is 0 Å². The Labute approximate surface area is 122 Å². The number of carbonyl (C=O) groups is 1. The van der Waals surface area contributed by atoms with Crippen molar-refractivity contribution in [2.75, 3.05) is 13.1 Å². The van der Waals surface area contributed by atoms with Crippen LogP contribution in [0.4, 0.5) is 0 Å². The largest absolute Gasteiger partial charge is 0.481 e. The van der Waals surface area contributed by atoms with Crippen LogP contribution < -0.4 is 4.74 Å². The van der Waals surface area contributed by atoms with E-state index in [-0.39, 0.29) is 11.8 Å². The van der Waals surface area contributed by atoms with Crippen molar-refractivity contribution in [3.8, 4) is 5.75 Å². The van der Waals surface area contributed by atoms with Crippen molar-refractivity contribution < 1.29 is 14.1 Å². The monoisotopic (exact) mass is 287 g/mol. The van der Waals surface area contributed by atoms with E-state index in [0.717, 1.165) is 0 Å². The molecule has 1 aliphatic heterocycles. The smallest absolute Gasteiger partial charge is 0.263 e. The van der Waals surface area contributed by atoms with Gasteiger partial charge in [-0.2, -0.15) is 4.98 Å². The van der Waals surface area contributed by atoms with Crippen molar-refractivity contribution in [2.45, 2.75) is 25.9 Å². The Bertz CT molecular complexity index is 620. The van der Waals surface area contributed by atoms with E-state index in [0.29, 0.717) is 30.6 Å². The third-order valence-corrected chi connectivity index (χ3v) is 3.49. The predicted octanol–water partition coefficient (Wildman–Crippen LogP) is 1.77. The van der Waals surface area contributed by atoms with Crippen molar-refractivity contribution in [3.05, 3.63) is 42.0 Å². The zero-order valence-electron chi connectivity index (χ0n) is 12.0. The summed E-state index contributed by atoms with van der Waals surface area (Å²) in [4.78, 5) is 18.2. The highest BCUT2D eigenvalue weighted by Crippen LogP contribution is 2.26. The van der Waals surface area contributed by atoms with Crippen molar-refractivity contribution in [2.24, 2.45) is 0 Å². The van der Waals surface area contributed by atoms with Gasteiger partial charge in [0.1, 0.15) is 5.75 Å². The third-order valence-electron chi connectivity index (χ3n) is 3.49. The molecule has 1 saturated heterocycles. The Balaban J connectivity index is 1.53. The highest BCUT2D eigenvalue weighted by Gasteiger charge is 2.37. The molecule has 1 fully saturated rings. The van der Waals surface area contributed by atoms with E-state index in [4.69, 9.17) is 9.26 Å². The quantitative estimate of drug-likeness (QED) is 0.857. The first-order valence-electron chi connectivity index (χ1n) is 6.94. The molecule has 3 rings (SSSR count). The standard InChI is InChI=1S/C15H17N3O3/c1-10(20-13-6-4-3-5-7-13)15(19)18-8-12(9-18)14-16-11(2)17-21-14/h3-7,10,12H,8-9H2,1-2H3. The van der Waals surface area contributed by atoms with Crippen LogP contribution in [0.25, 0.3) is 0 Å². The van der Waals surface area contributed by atoms with Gasteiger partial charge in [-0.25, -0.2) is 0 Å². The molecule has 0 bridgehead atoms. The predicted molar refractivity (Wildman–Crippen MR) is 74.9 cm³/mol. The topological polar surface area (TPSA) is 68.5 Å². The summed E-state index contributed by atoms with van der Waals surface area (Å²) < 4.78 is 10.8. The van der Waals surface area contributed by atoms with Gasteiger partial charge in [0, 0.05) is 13.1 Å². The van der Waals surface area contributed by atoms with Gasteiger partial charge in [0.2, 0.25) is 5.89 Å². The zero-order valence-corrected chi connectivity index (χ0v) is 12.0. The third kappa shape index (κ3) is 2.89. The first-order valence-corrected chi connectivity index (χ1v) is 6.94. The molecule has 2 heterocycles. The highest BCUT2D eigenvalue weighted by atomic mass is 16.5. The number of aryl methyl sites for hydroxylation is 1. The number of rotatable bonds is 4. The van der Waals surface area contributed by atoms with Crippen LogP contribution in [-0.4, -0.2) is 40.1 Å². The highest BCUT2D eigenvalue weighted by molar-refractivity contribution is 5.81. The maximum absolute atomic E-state index is 12.2. The first-order chi connectivity index (χ1) is 10.1. The molecule has 1 amide bonds. The lowest BCUT2D eigenvalue weighted by molar-refractivity contribution is -0.142. The number of carbonyl (C=O) groups excluding carboxylic acids is 1. The molecule has 0 radical (unpaired) electrons. The van der Waals surface area contributed by atoms with Gasteiger partial charge in [-0.3, -0.25) is 4.79 Å². The maximum Gasteiger partial charge on any atom is 0.263 e. The number of likely N-dealkylation sites (tertiary alicyclic amines) is 1. The molecule has 21 heavy (non-hydrogen) atoms. The average Bonchev–Trinajstić information content (AvgIpc) is 2.84. The van der Waals surface area contributed by atoms with Gasteiger partial charge in [0.25, 0.3) is 5.91 Å². The number of benzene rings is 1. The zero-order chi connectivity index (χ0) is 14.8. The Morgan fingerprint density at radius 3 is 2.71 bits per heavy atom. The second-order valence-corrected chi connectivity index (χ2v) is 5.19. The van der Waals surface area contributed by atoms with E-state index in [1.165, 1.54) is 0 Å². The molecule has 1 atom stereocenters. The van der Waals surface area contributed by atoms with Crippen molar-refractivity contribution >= 4 is 5.91 Å². The molecule has 0 N–H and O–H groups in total. The van der Waals surface area contributed by atoms with E-state index in [1.54, 1.807) is 18.7 Å². The van der Waals surface area contributed by atoms with Crippen molar-refractivity contribution in [1.82, 2.24) is 15.0 Å². The summed E-state index contributed by atoms with van der Waals surface area (Å²) in [5.41, 5.74) is 0. The molecule has 6 nitrogen and oxygen atoms in total. The van der Waals surface area contributed by atoms with Gasteiger partial charge < -0.3 is 14.2 Å².